The molecule has 0 spiro atoms. The molecular formula is C29H31N7O2. The number of aromatic nitrogens is 3. The first kappa shape index (κ1) is 26.4. The van der Waals surface area contributed by atoms with Crippen LogP contribution in [-0.4, -0.2) is 52.3 Å². The zero-order valence-corrected chi connectivity index (χ0v) is 21.7. The minimum atomic E-state index is -0.263. The van der Waals surface area contributed by atoms with Crippen LogP contribution in [0.25, 0.3) is 11.3 Å². The number of hydrogen-bond donors (Lipinski definition) is 3. The van der Waals surface area contributed by atoms with E-state index in [0.29, 0.717) is 29.3 Å². The molecule has 0 atom stereocenters. The van der Waals surface area contributed by atoms with Gasteiger partial charge >= 0.3 is 0 Å². The number of anilines is 4. The van der Waals surface area contributed by atoms with Crippen LogP contribution in [0.3, 0.4) is 0 Å². The number of carbonyl (C=O) groups is 2. The second-order valence-electron chi connectivity index (χ2n) is 9.15. The molecule has 0 aliphatic rings. The molecule has 3 N–H and O–H groups in total. The van der Waals surface area contributed by atoms with Crippen molar-refractivity contribution in [3.63, 3.8) is 0 Å². The molecule has 0 aliphatic heterocycles. The maximum Gasteiger partial charge on any atom is 0.255 e. The predicted molar refractivity (Wildman–Crippen MR) is 151 cm³/mol. The number of nitrogens with one attached hydrogen (secondary N) is 3. The Hall–Kier alpha value is -4.63. The van der Waals surface area contributed by atoms with Gasteiger partial charge in [0.15, 0.2) is 0 Å². The van der Waals surface area contributed by atoms with Gasteiger partial charge in [0.05, 0.1) is 5.69 Å². The van der Waals surface area contributed by atoms with E-state index in [4.69, 9.17) is 0 Å². The Morgan fingerprint density at radius 3 is 2.45 bits per heavy atom. The quantitative estimate of drug-likeness (QED) is 0.272. The lowest BCUT2D eigenvalue weighted by Gasteiger charge is -2.12. The van der Waals surface area contributed by atoms with Crippen molar-refractivity contribution in [3.8, 4) is 11.3 Å². The number of hydrogen-bond acceptors (Lipinski definition) is 7. The molecule has 2 aromatic heterocycles. The van der Waals surface area contributed by atoms with Gasteiger partial charge in [0.25, 0.3) is 5.91 Å². The molecule has 38 heavy (non-hydrogen) atoms. The fourth-order valence-corrected chi connectivity index (χ4v) is 3.73. The van der Waals surface area contributed by atoms with Crippen molar-refractivity contribution in [2.24, 2.45) is 0 Å². The Labute approximate surface area is 222 Å². The number of carbonyl (C=O) groups excluding carboxylic acids is 2. The number of aryl methyl sites for hydroxylation is 1. The average Bonchev–Trinajstić information content (AvgIpc) is 2.91. The molecule has 2 aromatic carbocycles. The minimum absolute atomic E-state index is 0.0643. The van der Waals surface area contributed by atoms with Gasteiger partial charge in [-0.05, 0) is 94.1 Å². The van der Waals surface area contributed by atoms with Gasteiger partial charge in [0, 0.05) is 53.2 Å². The van der Waals surface area contributed by atoms with E-state index in [9.17, 15) is 9.59 Å². The van der Waals surface area contributed by atoms with E-state index in [1.165, 1.54) is 0 Å². The van der Waals surface area contributed by atoms with Crippen molar-refractivity contribution in [1.29, 1.82) is 0 Å². The minimum Gasteiger partial charge on any atom is -0.326 e. The molecule has 0 radical (unpaired) electrons. The molecule has 9 nitrogen and oxygen atoms in total. The Morgan fingerprint density at radius 1 is 0.921 bits per heavy atom. The molecule has 0 aliphatic carbocycles. The normalized spacial score (nSPS) is 10.7. The molecule has 0 saturated heterocycles. The third-order valence-corrected chi connectivity index (χ3v) is 5.79. The van der Waals surface area contributed by atoms with Crippen LogP contribution in [0, 0.1) is 6.92 Å². The van der Waals surface area contributed by atoms with Crippen LogP contribution < -0.4 is 16.0 Å². The molecule has 2 amide bonds. The average molecular weight is 510 g/mol. The van der Waals surface area contributed by atoms with Crippen LogP contribution in [0.5, 0.6) is 0 Å². The van der Waals surface area contributed by atoms with Gasteiger partial charge in [0.2, 0.25) is 11.9 Å². The third-order valence-electron chi connectivity index (χ3n) is 5.79. The zero-order chi connectivity index (χ0) is 26.9. The third kappa shape index (κ3) is 7.44. The number of benzene rings is 2. The van der Waals surface area contributed by atoms with Crippen LogP contribution in [0.2, 0.25) is 0 Å². The van der Waals surface area contributed by atoms with Crippen LogP contribution >= 0.6 is 0 Å². The molecule has 0 fully saturated rings. The van der Waals surface area contributed by atoms with Crippen molar-refractivity contribution in [2.45, 2.75) is 19.8 Å². The summed E-state index contributed by atoms with van der Waals surface area (Å²) in [7, 11) is 3.96. The number of rotatable bonds is 10. The van der Waals surface area contributed by atoms with E-state index in [0.717, 1.165) is 35.5 Å². The number of nitrogens with zero attached hydrogens (tertiary/aromatic N) is 4. The zero-order valence-electron chi connectivity index (χ0n) is 21.7. The first-order chi connectivity index (χ1) is 18.4. The van der Waals surface area contributed by atoms with E-state index in [1.54, 1.807) is 42.9 Å². The Morgan fingerprint density at radius 2 is 1.71 bits per heavy atom. The highest BCUT2D eigenvalue weighted by molar-refractivity contribution is 6.05. The van der Waals surface area contributed by atoms with Gasteiger partial charge in [-0.15, -0.1) is 0 Å². The first-order valence-electron chi connectivity index (χ1n) is 12.3. The molecule has 4 rings (SSSR count). The maximum atomic E-state index is 12.9. The van der Waals surface area contributed by atoms with Crippen molar-refractivity contribution < 1.29 is 9.59 Å². The summed E-state index contributed by atoms with van der Waals surface area (Å²) in [6, 6.07) is 18.2. The van der Waals surface area contributed by atoms with E-state index in [-0.39, 0.29) is 11.8 Å². The monoisotopic (exact) mass is 509 g/mol. The lowest BCUT2D eigenvalue weighted by molar-refractivity contribution is -0.116. The summed E-state index contributed by atoms with van der Waals surface area (Å²) in [6.07, 6.45) is 6.35. The highest BCUT2D eigenvalue weighted by atomic mass is 16.2. The fourth-order valence-electron chi connectivity index (χ4n) is 3.73. The van der Waals surface area contributed by atoms with E-state index >= 15 is 0 Å². The van der Waals surface area contributed by atoms with E-state index in [2.05, 4.69) is 30.9 Å². The standard InChI is InChI=1S/C29H31N7O2/c1-20-8-9-21(18-26(20)34-27(37)7-5-17-36(2)3)28(38)32-23-10-12-24(13-11-23)33-29-31-16-14-25(35-29)22-6-4-15-30-19-22/h4,6,8-16,18-19H,5,7,17H2,1-3H3,(H,32,38)(H,34,37)(H,31,33,35). The molecule has 0 bridgehead atoms. The second kappa shape index (κ2) is 12.6. The van der Waals surface area contributed by atoms with Crippen LogP contribution in [0.15, 0.2) is 79.3 Å². The first-order valence-corrected chi connectivity index (χ1v) is 12.3. The van der Waals surface area contributed by atoms with Crippen molar-refractivity contribution in [3.05, 3.63) is 90.4 Å². The molecule has 0 unspecified atom stereocenters. The predicted octanol–water partition coefficient (Wildman–Crippen LogP) is 5.12. The summed E-state index contributed by atoms with van der Waals surface area (Å²) in [4.78, 5) is 40.2. The van der Waals surface area contributed by atoms with E-state index in [1.807, 2.05) is 62.3 Å². The summed E-state index contributed by atoms with van der Waals surface area (Å²) in [5, 5.41) is 9.01. The van der Waals surface area contributed by atoms with Gasteiger partial charge in [-0.3, -0.25) is 14.6 Å². The largest absolute Gasteiger partial charge is 0.326 e. The van der Waals surface area contributed by atoms with Crippen molar-refractivity contribution >= 4 is 34.8 Å². The summed E-state index contributed by atoms with van der Waals surface area (Å²) in [5.41, 5.74) is 5.08. The summed E-state index contributed by atoms with van der Waals surface area (Å²) < 4.78 is 0. The number of amides is 2. The van der Waals surface area contributed by atoms with Gasteiger partial charge in [-0.1, -0.05) is 6.07 Å². The highest BCUT2D eigenvalue weighted by Crippen LogP contribution is 2.22. The highest BCUT2D eigenvalue weighted by Gasteiger charge is 2.11. The molecule has 2 heterocycles. The van der Waals surface area contributed by atoms with Gasteiger partial charge in [-0.2, -0.15) is 0 Å². The fraction of sp³-hybridized carbons (Fsp3) is 0.207. The summed E-state index contributed by atoms with van der Waals surface area (Å²) in [6.45, 7) is 2.74. The van der Waals surface area contributed by atoms with Gasteiger partial charge < -0.3 is 20.9 Å². The van der Waals surface area contributed by atoms with Gasteiger partial charge in [-0.25, -0.2) is 9.97 Å². The summed E-state index contributed by atoms with van der Waals surface area (Å²) >= 11 is 0. The maximum absolute atomic E-state index is 12.9. The number of pyridine rings is 1. The lowest BCUT2D eigenvalue weighted by Crippen LogP contribution is -2.18. The Bertz CT molecular complexity index is 1390. The topological polar surface area (TPSA) is 112 Å². The van der Waals surface area contributed by atoms with Crippen LogP contribution in [-0.2, 0) is 4.79 Å². The Kier molecular flexibility index (Phi) is 8.73. The van der Waals surface area contributed by atoms with Crippen molar-refractivity contribution in [2.75, 3.05) is 36.6 Å². The summed E-state index contributed by atoms with van der Waals surface area (Å²) in [5.74, 6) is 0.131. The molecule has 194 valence electrons. The molecule has 9 heteroatoms. The van der Waals surface area contributed by atoms with Crippen LogP contribution in [0.4, 0.5) is 23.0 Å². The lowest BCUT2D eigenvalue weighted by atomic mass is 10.1. The van der Waals surface area contributed by atoms with E-state index < -0.39 is 0 Å². The molecule has 4 aromatic rings. The molecule has 0 saturated carbocycles. The van der Waals surface area contributed by atoms with Gasteiger partial charge in [0.1, 0.15) is 0 Å². The van der Waals surface area contributed by atoms with Crippen LogP contribution in [0.1, 0.15) is 28.8 Å². The smallest absolute Gasteiger partial charge is 0.255 e. The van der Waals surface area contributed by atoms with Crippen molar-refractivity contribution in [1.82, 2.24) is 19.9 Å². The Balaban J connectivity index is 1.36. The second-order valence-corrected chi connectivity index (χ2v) is 9.15. The SMILES string of the molecule is Cc1ccc(C(=O)Nc2ccc(Nc3nccc(-c4cccnc4)n3)cc2)cc1NC(=O)CCCN(C)C. The molecular weight excluding hydrogens is 478 g/mol.